The van der Waals surface area contributed by atoms with Gasteiger partial charge in [0.15, 0.2) is 0 Å². The molecule has 2 saturated heterocycles. The largest absolute Gasteiger partial charge is 0.494 e. The minimum absolute atomic E-state index is 0.0579. The highest BCUT2D eigenvalue weighted by Gasteiger charge is 2.66. The minimum Gasteiger partial charge on any atom is -0.494 e. The number of aromatic amines is 1. The van der Waals surface area contributed by atoms with E-state index in [1.165, 1.54) is 0 Å². The number of carboxylic acids is 1. The summed E-state index contributed by atoms with van der Waals surface area (Å²) in [6, 6.07) is 14.2. The van der Waals surface area contributed by atoms with Gasteiger partial charge in [-0.25, -0.2) is 0 Å². The van der Waals surface area contributed by atoms with Gasteiger partial charge in [-0.3, -0.25) is 25.0 Å². The van der Waals surface area contributed by atoms with Gasteiger partial charge in [-0.1, -0.05) is 37.3 Å². The number of carboxylic acid groups (broad SMARTS) is 1. The molecule has 4 N–H and O–H groups in total. The SMILES string of the molecule is CCCOc1ccc(C2NC(Cc3c[nH]c4ccccc34)(C(=O)O)C3C(=O)NC(=O)C23)cc1. The van der Waals surface area contributed by atoms with Crippen molar-refractivity contribution >= 4 is 28.7 Å². The van der Waals surface area contributed by atoms with Crippen LogP contribution in [0.4, 0.5) is 0 Å². The maximum absolute atomic E-state index is 12.9. The smallest absolute Gasteiger partial charge is 0.325 e. The van der Waals surface area contributed by atoms with Crippen LogP contribution >= 0.6 is 0 Å². The molecule has 2 aliphatic rings. The Bertz CT molecular complexity index is 1230. The van der Waals surface area contributed by atoms with Crippen molar-refractivity contribution in [2.75, 3.05) is 6.61 Å². The third kappa shape index (κ3) is 3.38. The predicted octanol–water partition coefficient (Wildman–Crippen LogP) is 2.56. The maximum atomic E-state index is 12.9. The summed E-state index contributed by atoms with van der Waals surface area (Å²) in [5.74, 6) is -3.30. The number of amides is 2. The fourth-order valence-corrected chi connectivity index (χ4v) is 5.22. The van der Waals surface area contributed by atoms with E-state index < -0.39 is 41.2 Å². The van der Waals surface area contributed by atoms with Gasteiger partial charge in [0.2, 0.25) is 11.8 Å². The van der Waals surface area contributed by atoms with Gasteiger partial charge in [0, 0.05) is 29.6 Å². The number of hydrogen-bond acceptors (Lipinski definition) is 5. The van der Waals surface area contributed by atoms with Crippen LogP contribution in [-0.4, -0.2) is 40.0 Å². The first-order valence-electron chi connectivity index (χ1n) is 11.1. The molecule has 0 radical (unpaired) electrons. The number of para-hydroxylation sites is 1. The lowest BCUT2D eigenvalue weighted by Gasteiger charge is -2.29. The van der Waals surface area contributed by atoms with Crippen molar-refractivity contribution in [2.24, 2.45) is 11.8 Å². The van der Waals surface area contributed by atoms with Crippen LogP contribution in [0, 0.1) is 11.8 Å². The van der Waals surface area contributed by atoms with E-state index in [0.717, 1.165) is 28.5 Å². The Hall–Kier alpha value is -3.65. The molecule has 33 heavy (non-hydrogen) atoms. The molecule has 8 heteroatoms. The van der Waals surface area contributed by atoms with Crippen LogP contribution in [0.5, 0.6) is 5.75 Å². The number of carbonyl (C=O) groups is 3. The zero-order valence-electron chi connectivity index (χ0n) is 18.1. The van der Waals surface area contributed by atoms with Gasteiger partial charge < -0.3 is 14.8 Å². The van der Waals surface area contributed by atoms with E-state index in [-0.39, 0.29) is 6.42 Å². The molecule has 0 saturated carbocycles. The summed E-state index contributed by atoms with van der Waals surface area (Å²) in [7, 11) is 0. The summed E-state index contributed by atoms with van der Waals surface area (Å²) in [4.78, 5) is 41.6. The Morgan fingerprint density at radius 1 is 1.09 bits per heavy atom. The van der Waals surface area contributed by atoms with Crippen LogP contribution in [0.3, 0.4) is 0 Å². The summed E-state index contributed by atoms with van der Waals surface area (Å²) in [5, 5.41) is 16.9. The standard InChI is InChI=1S/C25H25N3O5/c1-2-11-33-16-9-7-14(8-10-16)21-19-20(23(30)27-22(19)29)25(28-21,24(31)32)12-15-13-26-18-6-4-3-5-17(15)18/h3-10,13,19-21,26,28H,2,11-12H2,1H3,(H,31,32)(H,27,29,30). The fraction of sp³-hybridized carbons (Fsp3) is 0.320. The molecule has 3 heterocycles. The maximum Gasteiger partial charge on any atom is 0.325 e. The minimum atomic E-state index is -1.63. The number of nitrogens with one attached hydrogen (secondary N) is 3. The highest BCUT2D eigenvalue weighted by molar-refractivity contribution is 6.09. The van der Waals surface area contributed by atoms with Crippen molar-refractivity contribution in [3.05, 3.63) is 65.9 Å². The summed E-state index contributed by atoms with van der Waals surface area (Å²) in [5.41, 5.74) is 0.762. The number of carbonyl (C=O) groups excluding carboxylic acids is 2. The second kappa shape index (κ2) is 8.04. The molecule has 2 aliphatic heterocycles. The zero-order chi connectivity index (χ0) is 23.2. The quantitative estimate of drug-likeness (QED) is 0.413. The van der Waals surface area contributed by atoms with Crippen molar-refractivity contribution in [1.82, 2.24) is 15.6 Å². The molecule has 5 rings (SSSR count). The lowest BCUT2D eigenvalue weighted by molar-refractivity contribution is -0.149. The highest BCUT2D eigenvalue weighted by Crippen LogP contribution is 2.48. The van der Waals surface area contributed by atoms with Crippen molar-refractivity contribution in [3.8, 4) is 5.75 Å². The molecule has 2 aromatic carbocycles. The van der Waals surface area contributed by atoms with Gasteiger partial charge >= 0.3 is 5.97 Å². The molecule has 4 atom stereocenters. The van der Waals surface area contributed by atoms with Crippen LogP contribution < -0.4 is 15.4 Å². The Labute approximate surface area is 190 Å². The zero-order valence-corrected chi connectivity index (χ0v) is 18.1. The first-order chi connectivity index (χ1) is 15.9. The summed E-state index contributed by atoms with van der Waals surface area (Å²) in [6.45, 7) is 2.61. The molecule has 3 aromatic rings. The number of imide groups is 1. The molecule has 0 spiro atoms. The van der Waals surface area contributed by atoms with Crippen LogP contribution in [0.25, 0.3) is 10.9 Å². The molecule has 8 nitrogen and oxygen atoms in total. The molecule has 0 bridgehead atoms. The summed E-state index contributed by atoms with van der Waals surface area (Å²) < 4.78 is 5.64. The van der Waals surface area contributed by atoms with Gasteiger partial charge in [-0.15, -0.1) is 0 Å². The topological polar surface area (TPSA) is 121 Å². The Kier molecular flexibility index (Phi) is 5.17. The van der Waals surface area contributed by atoms with E-state index in [1.54, 1.807) is 18.3 Å². The molecule has 2 fully saturated rings. The fourth-order valence-electron chi connectivity index (χ4n) is 5.22. The van der Waals surface area contributed by atoms with Gasteiger partial charge in [0.05, 0.1) is 18.4 Å². The molecule has 170 valence electrons. The monoisotopic (exact) mass is 447 g/mol. The van der Waals surface area contributed by atoms with E-state index >= 15 is 0 Å². The Morgan fingerprint density at radius 2 is 1.85 bits per heavy atom. The number of rotatable bonds is 7. The third-order valence-corrected chi connectivity index (χ3v) is 6.73. The Morgan fingerprint density at radius 3 is 2.58 bits per heavy atom. The van der Waals surface area contributed by atoms with Crippen molar-refractivity contribution in [1.29, 1.82) is 0 Å². The lowest BCUT2D eigenvalue weighted by Crippen LogP contribution is -2.57. The number of benzene rings is 2. The highest BCUT2D eigenvalue weighted by atomic mass is 16.5. The number of fused-ring (bicyclic) bond motifs is 2. The Balaban J connectivity index is 1.55. The molecule has 1 aromatic heterocycles. The molecular formula is C25H25N3O5. The second-order valence-electron chi connectivity index (χ2n) is 8.71. The van der Waals surface area contributed by atoms with E-state index in [1.807, 2.05) is 43.3 Å². The van der Waals surface area contributed by atoms with E-state index in [0.29, 0.717) is 12.4 Å². The van der Waals surface area contributed by atoms with Crippen LogP contribution in [0.1, 0.15) is 30.5 Å². The van der Waals surface area contributed by atoms with Crippen molar-refractivity contribution in [2.45, 2.75) is 31.3 Å². The number of aromatic nitrogens is 1. The summed E-state index contributed by atoms with van der Waals surface area (Å²) >= 11 is 0. The van der Waals surface area contributed by atoms with Crippen molar-refractivity contribution in [3.63, 3.8) is 0 Å². The van der Waals surface area contributed by atoms with Gasteiger partial charge in [0.25, 0.3) is 0 Å². The lowest BCUT2D eigenvalue weighted by atomic mass is 9.76. The molecule has 4 unspecified atom stereocenters. The summed E-state index contributed by atoms with van der Waals surface area (Å²) in [6.07, 6.45) is 2.71. The third-order valence-electron chi connectivity index (χ3n) is 6.73. The van der Waals surface area contributed by atoms with Gasteiger partial charge in [-0.05, 0) is 35.7 Å². The average molecular weight is 447 g/mol. The van der Waals surface area contributed by atoms with E-state index in [2.05, 4.69) is 15.6 Å². The van der Waals surface area contributed by atoms with Gasteiger partial charge in [-0.2, -0.15) is 0 Å². The van der Waals surface area contributed by atoms with E-state index in [9.17, 15) is 19.5 Å². The number of ether oxygens (including phenoxy) is 1. The van der Waals surface area contributed by atoms with Crippen LogP contribution in [-0.2, 0) is 20.8 Å². The average Bonchev–Trinajstić information content (AvgIpc) is 3.47. The first kappa shape index (κ1) is 21.2. The predicted molar refractivity (Wildman–Crippen MR) is 121 cm³/mol. The number of H-pyrrole nitrogens is 1. The molecule has 0 aliphatic carbocycles. The molecule has 2 amide bonds. The second-order valence-corrected chi connectivity index (χ2v) is 8.71. The number of aliphatic carboxylic acids is 1. The molecular weight excluding hydrogens is 422 g/mol. The van der Waals surface area contributed by atoms with Crippen LogP contribution in [0.2, 0.25) is 0 Å². The first-order valence-corrected chi connectivity index (χ1v) is 11.1. The van der Waals surface area contributed by atoms with Crippen LogP contribution in [0.15, 0.2) is 54.7 Å². The number of hydrogen-bond donors (Lipinski definition) is 4. The van der Waals surface area contributed by atoms with Gasteiger partial charge in [0.1, 0.15) is 11.3 Å². The normalized spacial score (nSPS) is 26.4. The van der Waals surface area contributed by atoms with E-state index in [4.69, 9.17) is 4.74 Å². The van der Waals surface area contributed by atoms with Crippen molar-refractivity contribution < 1.29 is 24.2 Å².